The molecule has 1 unspecified atom stereocenters. The Morgan fingerprint density at radius 3 is 2.63 bits per heavy atom. The number of hydrogen-bond donors (Lipinski definition) is 2. The van der Waals surface area contributed by atoms with Gasteiger partial charge in [-0.15, -0.1) is 0 Å². The SMILES string of the molecule is CC1C[C@@]2(C)C(=CC1=O)CC[C@@H]1[C@@H]2C(=O)C[C@@]2(C)[C@H]1CC[C@]2(O)C(=O)CO. The first-order chi connectivity index (χ1) is 12.6. The highest BCUT2D eigenvalue weighted by Crippen LogP contribution is 2.66. The third-order valence-electron chi connectivity index (χ3n) is 8.72. The molecule has 4 aliphatic carbocycles. The molecule has 0 aromatic carbocycles. The maximum atomic E-state index is 13.4. The maximum Gasteiger partial charge on any atom is 0.190 e. The second kappa shape index (κ2) is 5.84. The molecular formula is C22H30O5. The molecule has 2 N–H and O–H groups in total. The fraction of sp³-hybridized carbons (Fsp3) is 0.773. The smallest absolute Gasteiger partial charge is 0.190 e. The van der Waals surface area contributed by atoms with E-state index in [1.165, 1.54) is 0 Å². The summed E-state index contributed by atoms with van der Waals surface area (Å²) >= 11 is 0. The van der Waals surface area contributed by atoms with E-state index < -0.39 is 23.4 Å². The van der Waals surface area contributed by atoms with Crippen molar-refractivity contribution in [2.75, 3.05) is 6.61 Å². The molecule has 3 fully saturated rings. The zero-order chi connectivity index (χ0) is 19.8. The minimum Gasteiger partial charge on any atom is -0.388 e. The summed E-state index contributed by atoms with van der Waals surface area (Å²) in [6, 6.07) is 0. The number of aliphatic hydroxyl groups excluding tert-OH is 1. The Labute approximate surface area is 160 Å². The molecule has 27 heavy (non-hydrogen) atoms. The lowest BCUT2D eigenvalue weighted by Crippen LogP contribution is -2.61. The summed E-state index contributed by atoms with van der Waals surface area (Å²) < 4.78 is 0. The molecule has 7 atom stereocenters. The number of aliphatic hydroxyl groups is 2. The van der Waals surface area contributed by atoms with Crippen molar-refractivity contribution in [1.82, 2.24) is 0 Å². The molecule has 0 aromatic heterocycles. The number of allylic oxidation sites excluding steroid dienone is 1. The number of Topliss-reactive ketones (excluding diaryl/α,β-unsaturated/α-hetero) is 2. The Morgan fingerprint density at radius 1 is 1.26 bits per heavy atom. The maximum absolute atomic E-state index is 13.4. The van der Waals surface area contributed by atoms with Gasteiger partial charge in [-0.05, 0) is 55.4 Å². The predicted octanol–water partition coefficient (Wildman–Crippen LogP) is 2.24. The zero-order valence-electron chi connectivity index (χ0n) is 16.5. The number of fused-ring (bicyclic) bond motifs is 5. The van der Waals surface area contributed by atoms with E-state index in [0.29, 0.717) is 19.3 Å². The lowest BCUT2D eigenvalue weighted by Gasteiger charge is -2.58. The number of hydrogen-bond acceptors (Lipinski definition) is 5. The second-order valence-corrected chi connectivity index (χ2v) is 9.92. The minimum atomic E-state index is -1.61. The molecule has 0 aliphatic heterocycles. The third-order valence-corrected chi connectivity index (χ3v) is 8.72. The van der Waals surface area contributed by atoms with Crippen LogP contribution in [-0.4, -0.2) is 39.8 Å². The highest BCUT2D eigenvalue weighted by molar-refractivity contribution is 5.95. The second-order valence-electron chi connectivity index (χ2n) is 9.92. The number of ketones is 3. The van der Waals surface area contributed by atoms with E-state index in [-0.39, 0.29) is 47.1 Å². The normalized spacial score (nSPS) is 49.1. The highest BCUT2D eigenvalue weighted by Gasteiger charge is 2.68. The van der Waals surface area contributed by atoms with Crippen LogP contribution >= 0.6 is 0 Å². The summed E-state index contributed by atoms with van der Waals surface area (Å²) in [6.07, 6.45) is 5.31. The topological polar surface area (TPSA) is 91.7 Å². The van der Waals surface area contributed by atoms with Crippen LogP contribution in [0.5, 0.6) is 0 Å². The average Bonchev–Trinajstić information content (AvgIpc) is 2.87. The Kier molecular flexibility index (Phi) is 4.11. The summed E-state index contributed by atoms with van der Waals surface area (Å²) in [6.45, 7) is 5.26. The molecule has 0 saturated heterocycles. The van der Waals surface area contributed by atoms with Crippen molar-refractivity contribution < 1.29 is 24.6 Å². The van der Waals surface area contributed by atoms with Gasteiger partial charge in [-0.1, -0.05) is 26.3 Å². The molecule has 4 rings (SSSR count). The van der Waals surface area contributed by atoms with Crippen molar-refractivity contribution >= 4 is 17.3 Å². The molecule has 0 radical (unpaired) electrons. The average molecular weight is 374 g/mol. The van der Waals surface area contributed by atoms with Gasteiger partial charge in [0.1, 0.15) is 18.0 Å². The Hall–Kier alpha value is -1.33. The largest absolute Gasteiger partial charge is 0.388 e. The highest BCUT2D eigenvalue weighted by atomic mass is 16.3. The van der Waals surface area contributed by atoms with Crippen LogP contribution in [0.15, 0.2) is 11.6 Å². The molecule has 5 heteroatoms. The van der Waals surface area contributed by atoms with Crippen molar-refractivity contribution in [3.63, 3.8) is 0 Å². The summed E-state index contributed by atoms with van der Waals surface area (Å²) in [7, 11) is 0. The summed E-state index contributed by atoms with van der Waals surface area (Å²) in [4.78, 5) is 38.0. The Bertz CT molecular complexity index is 754. The van der Waals surface area contributed by atoms with Crippen molar-refractivity contribution in [3.8, 4) is 0 Å². The molecule has 3 saturated carbocycles. The van der Waals surface area contributed by atoms with Gasteiger partial charge in [0, 0.05) is 23.7 Å². The van der Waals surface area contributed by atoms with Crippen LogP contribution in [0.4, 0.5) is 0 Å². The van der Waals surface area contributed by atoms with Crippen LogP contribution in [0.2, 0.25) is 0 Å². The van der Waals surface area contributed by atoms with E-state index in [1.54, 1.807) is 6.08 Å². The van der Waals surface area contributed by atoms with Gasteiger partial charge in [0.25, 0.3) is 0 Å². The first kappa shape index (κ1) is 19.0. The van der Waals surface area contributed by atoms with E-state index in [0.717, 1.165) is 18.4 Å². The van der Waals surface area contributed by atoms with Gasteiger partial charge in [0.2, 0.25) is 0 Å². The summed E-state index contributed by atoms with van der Waals surface area (Å²) in [5.41, 5.74) is -1.60. The van der Waals surface area contributed by atoms with Crippen molar-refractivity contribution in [3.05, 3.63) is 11.6 Å². The van der Waals surface area contributed by atoms with Crippen LogP contribution < -0.4 is 0 Å². The van der Waals surface area contributed by atoms with Crippen LogP contribution in [0.1, 0.15) is 59.3 Å². The fourth-order valence-electron chi connectivity index (χ4n) is 7.32. The van der Waals surface area contributed by atoms with Crippen molar-refractivity contribution in [2.24, 2.45) is 34.5 Å². The van der Waals surface area contributed by atoms with Crippen molar-refractivity contribution in [1.29, 1.82) is 0 Å². The van der Waals surface area contributed by atoms with E-state index in [1.807, 2.05) is 13.8 Å². The van der Waals surface area contributed by atoms with E-state index in [9.17, 15) is 24.6 Å². The summed E-state index contributed by atoms with van der Waals surface area (Å²) in [5, 5.41) is 20.6. The zero-order valence-corrected chi connectivity index (χ0v) is 16.5. The lowest BCUT2D eigenvalue weighted by atomic mass is 9.45. The van der Waals surface area contributed by atoms with Crippen molar-refractivity contribution in [2.45, 2.75) is 64.9 Å². The summed E-state index contributed by atoms with van der Waals surface area (Å²) in [5.74, 6) is -0.283. The lowest BCUT2D eigenvalue weighted by molar-refractivity contribution is -0.170. The van der Waals surface area contributed by atoms with Gasteiger partial charge in [-0.25, -0.2) is 0 Å². The van der Waals surface area contributed by atoms with Crippen LogP contribution in [0, 0.1) is 34.5 Å². The van der Waals surface area contributed by atoms with Crippen LogP contribution in [-0.2, 0) is 14.4 Å². The molecule has 0 heterocycles. The number of rotatable bonds is 2. The Morgan fingerprint density at radius 2 is 1.96 bits per heavy atom. The molecule has 4 aliphatic rings. The van der Waals surface area contributed by atoms with Gasteiger partial charge in [0.05, 0.1) is 0 Å². The molecule has 5 nitrogen and oxygen atoms in total. The molecule has 148 valence electrons. The Balaban J connectivity index is 1.75. The van der Waals surface area contributed by atoms with Gasteiger partial charge in [-0.3, -0.25) is 14.4 Å². The quantitative estimate of drug-likeness (QED) is 0.773. The van der Waals surface area contributed by atoms with E-state index in [2.05, 4.69) is 6.92 Å². The first-order valence-electron chi connectivity index (χ1n) is 10.2. The molecular weight excluding hydrogens is 344 g/mol. The van der Waals surface area contributed by atoms with Crippen LogP contribution in [0.25, 0.3) is 0 Å². The van der Waals surface area contributed by atoms with E-state index >= 15 is 0 Å². The van der Waals surface area contributed by atoms with Gasteiger partial charge < -0.3 is 10.2 Å². The molecule has 0 aromatic rings. The minimum absolute atomic E-state index is 0.0740. The standard InChI is InChI=1S/C22H30O5/c1-12-9-20(2)13(8-16(12)24)4-5-14-15-6-7-22(27,18(26)11-23)21(15,3)10-17(25)19(14)20/h8,12,14-15,19,23,27H,4-7,9-11H2,1-3H3/t12?,14-,15-,19+,20-,21-,22-/m0/s1. The molecule has 0 bridgehead atoms. The van der Waals surface area contributed by atoms with E-state index in [4.69, 9.17) is 0 Å². The monoisotopic (exact) mass is 374 g/mol. The van der Waals surface area contributed by atoms with Gasteiger partial charge in [-0.2, -0.15) is 0 Å². The molecule has 0 amide bonds. The van der Waals surface area contributed by atoms with Gasteiger partial charge >= 0.3 is 0 Å². The third kappa shape index (κ3) is 2.27. The van der Waals surface area contributed by atoms with Gasteiger partial charge in [0.15, 0.2) is 11.6 Å². The number of carbonyl (C=O) groups is 3. The number of carbonyl (C=O) groups excluding carboxylic acids is 3. The first-order valence-corrected chi connectivity index (χ1v) is 10.2. The predicted molar refractivity (Wildman–Crippen MR) is 98.7 cm³/mol. The molecule has 0 spiro atoms. The van der Waals surface area contributed by atoms with Crippen LogP contribution in [0.3, 0.4) is 0 Å². The fourth-order valence-corrected chi connectivity index (χ4v) is 7.32.